The van der Waals surface area contributed by atoms with Gasteiger partial charge < -0.3 is 21.1 Å². The summed E-state index contributed by atoms with van der Waals surface area (Å²) in [6.07, 6.45) is 1.67. The Hall–Kier alpha value is -1.89. The molecule has 0 aliphatic carbocycles. The summed E-state index contributed by atoms with van der Waals surface area (Å²) in [5, 5.41) is 0. The number of ether oxygens (including phenoxy) is 1. The van der Waals surface area contributed by atoms with Crippen LogP contribution in [-0.4, -0.2) is 35.1 Å². The number of nitrogens with two attached hydrogens (primary N) is 2. The van der Waals surface area contributed by atoms with Crippen molar-refractivity contribution in [2.24, 2.45) is 5.73 Å². The number of primary amides is 1. The molecule has 1 fully saturated rings. The Morgan fingerprint density at radius 2 is 2.37 bits per heavy atom. The fraction of sp³-hybridized carbons (Fsp3) is 0.583. The summed E-state index contributed by atoms with van der Waals surface area (Å²) in [6, 6.07) is 1.35. The van der Waals surface area contributed by atoms with Gasteiger partial charge in [-0.1, -0.05) is 0 Å². The molecule has 1 aliphatic heterocycles. The first kappa shape index (κ1) is 13.5. The van der Waals surface area contributed by atoms with E-state index < -0.39 is 0 Å². The van der Waals surface area contributed by atoms with Crippen molar-refractivity contribution in [3.05, 3.63) is 11.9 Å². The number of aromatic nitrogens is 2. The largest absolute Gasteiger partial charge is 0.384 e. The van der Waals surface area contributed by atoms with Crippen LogP contribution >= 0.6 is 0 Å². The predicted molar refractivity (Wildman–Crippen MR) is 71.3 cm³/mol. The summed E-state index contributed by atoms with van der Waals surface area (Å²) in [5.41, 5.74) is 11.2. The van der Waals surface area contributed by atoms with Crippen LogP contribution in [0.2, 0.25) is 0 Å². The number of hydrogen-bond donors (Lipinski definition) is 2. The zero-order valence-electron chi connectivity index (χ0n) is 11.0. The molecule has 1 unspecified atom stereocenters. The lowest BCUT2D eigenvalue weighted by Gasteiger charge is -2.23. The number of anilines is 2. The van der Waals surface area contributed by atoms with Crippen LogP contribution < -0.4 is 16.4 Å². The molecular formula is C12H19N5O2. The van der Waals surface area contributed by atoms with E-state index in [0.29, 0.717) is 30.7 Å². The number of carbonyl (C=O) groups excluding carboxylic acids is 1. The molecule has 19 heavy (non-hydrogen) atoms. The van der Waals surface area contributed by atoms with Gasteiger partial charge in [0.1, 0.15) is 24.3 Å². The van der Waals surface area contributed by atoms with Gasteiger partial charge in [0, 0.05) is 19.2 Å². The number of amides is 1. The number of hydrogen-bond acceptors (Lipinski definition) is 6. The Kier molecular flexibility index (Phi) is 4.16. The van der Waals surface area contributed by atoms with Gasteiger partial charge in [-0.25, -0.2) is 9.97 Å². The summed E-state index contributed by atoms with van der Waals surface area (Å²) < 4.78 is 5.28. The van der Waals surface area contributed by atoms with Crippen molar-refractivity contribution < 1.29 is 9.53 Å². The van der Waals surface area contributed by atoms with E-state index in [9.17, 15) is 4.79 Å². The van der Waals surface area contributed by atoms with Crippen LogP contribution in [0.4, 0.5) is 11.6 Å². The number of nitrogen functional groups attached to an aromatic ring is 1. The lowest BCUT2D eigenvalue weighted by Crippen LogP contribution is -2.40. The second-order valence-corrected chi connectivity index (χ2v) is 4.46. The second kappa shape index (κ2) is 5.83. The standard InChI is InChI=1S/C12H19N5O2/c1-2-19-7-10-15-9(13)6-11(16-10)17-5-3-4-8(17)12(14)18/h6,8H,2-5,7H2,1H3,(H2,14,18)(H2,13,15,16). The van der Waals surface area contributed by atoms with E-state index in [4.69, 9.17) is 16.2 Å². The maximum atomic E-state index is 11.4. The Balaban J connectivity index is 2.23. The van der Waals surface area contributed by atoms with Crippen LogP contribution in [0, 0.1) is 0 Å². The molecule has 4 N–H and O–H groups in total. The molecule has 2 rings (SSSR count). The van der Waals surface area contributed by atoms with E-state index in [2.05, 4.69) is 9.97 Å². The molecule has 1 aliphatic rings. The van der Waals surface area contributed by atoms with Gasteiger partial charge in [-0.15, -0.1) is 0 Å². The Morgan fingerprint density at radius 1 is 1.58 bits per heavy atom. The topological polar surface area (TPSA) is 107 Å². The smallest absolute Gasteiger partial charge is 0.240 e. The van der Waals surface area contributed by atoms with Crippen molar-refractivity contribution in [1.29, 1.82) is 0 Å². The first-order valence-electron chi connectivity index (χ1n) is 6.39. The fourth-order valence-electron chi connectivity index (χ4n) is 2.24. The van der Waals surface area contributed by atoms with Gasteiger partial charge in [-0.3, -0.25) is 4.79 Å². The maximum Gasteiger partial charge on any atom is 0.240 e. The van der Waals surface area contributed by atoms with E-state index in [1.807, 2.05) is 11.8 Å². The Morgan fingerprint density at radius 3 is 3.05 bits per heavy atom. The minimum Gasteiger partial charge on any atom is -0.384 e. The molecule has 104 valence electrons. The predicted octanol–water partition coefficient (Wildman–Crippen LogP) is 0.0494. The van der Waals surface area contributed by atoms with Crippen molar-refractivity contribution in [3.63, 3.8) is 0 Å². The Bertz CT molecular complexity index is 465. The van der Waals surface area contributed by atoms with Crippen LogP contribution in [0.1, 0.15) is 25.6 Å². The third-order valence-electron chi connectivity index (χ3n) is 3.09. The third-order valence-corrected chi connectivity index (χ3v) is 3.09. The average molecular weight is 265 g/mol. The fourth-order valence-corrected chi connectivity index (χ4v) is 2.24. The third kappa shape index (κ3) is 3.11. The van der Waals surface area contributed by atoms with E-state index in [0.717, 1.165) is 19.4 Å². The summed E-state index contributed by atoms with van der Waals surface area (Å²) >= 11 is 0. The van der Waals surface area contributed by atoms with Crippen molar-refractivity contribution in [1.82, 2.24) is 9.97 Å². The first-order chi connectivity index (χ1) is 9.11. The number of rotatable bonds is 5. The molecule has 1 aromatic rings. The highest BCUT2D eigenvalue weighted by molar-refractivity contribution is 5.84. The molecule has 0 spiro atoms. The first-order valence-corrected chi connectivity index (χ1v) is 6.39. The highest BCUT2D eigenvalue weighted by atomic mass is 16.5. The molecule has 1 amide bonds. The molecule has 2 heterocycles. The summed E-state index contributed by atoms with van der Waals surface area (Å²) in [7, 11) is 0. The summed E-state index contributed by atoms with van der Waals surface area (Å²) in [5.74, 6) is 1.20. The second-order valence-electron chi connectivity index (χ2n) is 4.46. The lowest BCUT2D eigenvalue weighted by atomic mass is 10.2. The number of nitrogens with zero attached hydrogens (tertiary/aromatic N) is 3. The highest BCUT2D eigenvalue weighted by Gasteiger charge is 2.30. The molecule has 1 atom stereocenters. The van der Waals surface area contributed by atoms with Crippen molar-refractivity contribution in [3.8, 4) is 0 Å². The molecule has 0 bridgehead atoms. The van der Waals surface area contributed by atoms with Crippen molar-refractivity contribution in [2.45, 2.75) is 32.4 Å². The van der Waals surface area contributed by atoms with E-state index in [1.54, 1.807) is 6.07 Å². The monoisotopic (exact) mass is 265 g/mol. The summed E-state index contributed by atoms with van der Waals surface area (Å²) in [6.45, 7) is 3.54. The van der Waals surface area contributed by atoms with Gasteiger partial charge >= 0.3 is 0 Å². The average Bonchev–Trinajstić information content (AvgIpc) is 2.85. The molecule has 0 saturated carbocycles. The van der Waals surface area contributed by atoms with Crippen LogP contribution in [0.5, 0.6) is 0 Å². The zero-order valence-corrected chi connectivity index (χ0v) is 11.0. The molecular weight excluding hydrogens is 246 g/mol. The normalized spacial score (nSPS) is 18.8. The minimum atomic E-state index is -0.332. The molecule has 1 saturated heterocycles. The molecule has 7 heteroatoms. The molecule has 1 aromatic heterocycles. The quantitative estimate of drug-likeness (QED) is 0.779. The van der Waals surface area contributed by atoms with Gasteiger partial charge in [-0.2, -0.15) is 0 Å². The van der Waals surface area contributed by atoms with Gasteiger partial charge in [0.25, 0.3) is 0 Å². The number of carbonyl (C=O) groups is 1. The van der Waals surface area contributed by atoms with Gasteiger partial charge in [0.05, 0.1) is 0 Å². The van der Waals surface area contributed by atoms with Crippen LogP contribution in [-0.2, 0) is 16.1 Å². The van der Waals surface area contributed by atoms with Gasteiger partial charge in [0.2, 0.25) is 5.91 Å². The van der Waals surface area contributed by atoms with Crippen LogP contribution in [0.15, 0.2) is 6.07 Å². The SMILES string of the molecule is CCOCc1nc(N)cc(N2CCCC2C(N)=O)n1. The molecule has 0 aromatic carbocycles. The Labute approximate surface area is 111 Å². The van der Waals surface area contributed by atoms with Gasteiger partial charge in [-0.05, 0) is 19.8 Å². The van der Waals surface area contributed by atoms with Crippen LogP contribution in [0.3, 0.4) is 0 Å². The minimum absolute atomic E-state index is 0.309. The van der Waals surface area contributed by atoms with Gasteiger partial charge in [0.15, 0.2) is 5.82 Å². The van der Waals surface area contributed by atoms with Crippen molar-refractivity contribution >= 4 is 17.5 Å². The summed E-state index contributed by atoms with van der Waals surface area (Å²) in [4.78, 5) is 21.8. The highest BCUT2D eigenvalue weighted by Crippen LogP contribution is 2.24. The van der Waals surface area contributed by atoms with Crippen LogP contribution in [0.25, 0.3) is 0 Å². The van der Waals surface area contributed by atoms with E-state index in [-0.39, 0.29) is 11.9 Å². The zero-order chi connectivity index (χ0) is 13.8. The van der Waals surface area contributed by atoms with E-state index in [1.165, 1.54) is 0 Å². The lowest BCUT2D eigenvalue weighted by molar-refractivity contribution is -0.119. The van der Waals surface area contributed by atoms with E-state index >= 15 is 0 Å². The molecule has 7 nitrogen and oxygen atoms in total. The maximum absolute atomic E-state index is 11.4. The van der Waals surface area contributed by atoms with Crippen molar-refractivity contribution in [2.75, 3.05) is 23.8 Å². The molecule has 0 radical (unpaired) electrons.